The van der Waals surface area contributed by atoms with Crippen molar-refractivity contribution in [3.8, 4) is 0 Å². The van der Waals surface area contributed by atoms with Gasteiger partial charge in [-0.25, -0.2) is 9.78 Å². The number of fused-ring (bicyclic) bond motifs is 2. The number of ether oxygens (including phenoxy) is 1. The Labute approximate surface area is 253 Å². The van der Waals surface area contributed by atoms with Gasteiger partial charge in [0.05, 0.1) is 12.2 Å². The van der Waals surface area contributed by atoms with Crippen LogP contribution in [0.5, 0.6) is 0 Å². The Bertz CT molecular complexity index is 1580. The summed E-state index contributed by atoms with van der Waals surface area (Å²) >= 11 is 0. The van der Waals surface area contributed by atoms with Crippen LogP contribution in [0.25, 0.3) is 16.6 Å². The summed E-state index contributed by atoms with van der Waals surface area (Å²) in [5.41, 5.74) is 0.395. The summed E-state index contributed by atoms with van der Waals surface area (Å²) in [6.07, 6.45) is -4.99. The van der Waals surface area contributed by atoms with E-state index in [0.29, 0.717) is 44.2 Å². The summed E-state index contributed by atoms with van der Waals surface area (Å²) < 4.78 is 54.0. The van der Waals surface area contributed by atoms with Crippen LogP contribution in [0.2, 0.25) is 0 Å². The van der Waals surface area contributed by atoms with Crippen molar-refractivity contribution in [2.75, 3.05) is 70.4 Å². The lowest BCUT2D eigenvalue weighted by molar-refractivity contribution is -0.141. The summed E-state index contributed by atoms with van der Waals surface area (Å²) in [6.45, 7) is 12.5. The van der Waals surface area contributed by atoms with Crippen molar-refractivity contribution in [3.05, 3.63) is 59.6 Å². The molecule has 0 N–H and O–H groups in total. The smallest absolute Gasteiger partial charge is 0.433 e. The third-order valence-electron chi connectivity index (χ3n) is 8.28. The molecule has 236 valence electrons. The van der Waals surface area contributed by atoms with E-state index in [1.54, 1.807) is 11.0 Å². The molecule has 1 amide bonds. The number of piperazine rings is 2. The number of rotatable bonds is 6. The Hall–Kier alpha value is -3.84. The number of hydrogen-bond acceptors (Lipinski definition) is 8. The minimum absolute atomic E-state index is 0.150. The van der Waals surface area contributed by atoms with Crippen LogP contribution in [-0.4, -0.2) is 101 Å². The highest BCUT2D eigenvalue weighted by Crippen LogP contribution is 2.33. The molecule has 3 aromatic heterocycles. The molecule has 2 aliphatic rings. The Balaban J connectivity index is 0.977. The number of hydrogen-bond donors (Lipinski definition) is 0. The van der Waals surface area contributed by atoms with Crippen molar-refractivity contribution >= 4 is 28.5 Å². The summed E-state index contributed by atoms with van der Waals surface area (Å²) in [6, 6.07) is 12.7. The molecule has 10 nitrogen and oxygen atoms in total. The first kappa shape index (κ1) is 30.2. The molecule has 6 rings (SSSR count). The Morgan fingerprint density at radius 3 is 2.30 bits per heavy atom. The van der Waals surface area contributed by atoms with Gasteiger partial charge in [-0.1, -0.05) is 39.0 Å². The van der Waals surface area contributed by atoms with Crippen molar-refractivity contribution in [2.45, 2.75) is 38.9 Å². The molecule has 4 aromatic rings. The number of anilines is 1. The first-order valence-electron chi connectivity index (χ1n) is 15.0. The SMILES string of the molecule is CC(C)(C)c1cc2nc(C(F)(F)F)cc(N3CCN(C(=O)OCCN4CCN(Cc5cc6ccccc6o5)CC4)CC3)n2n1. The molecule has 0 radical (unpaired) electrons. The maximum atomic E-state index is 13.7. The van der Waals surface area contributed by atoms with Gasteiger partial charge in [0.1, 0.15) is 23.8 Å². The number of carbonyl (C=O) groups excluding carboxylic acids is 1. The monoisotopic (exact) mass is 613 g/mol. The Morgan fingerprint density at radius 2 is 1.61 bits per heavy atom. The molecule has 0 spiro atoms. The lowest BCUT2D eigenvalue weighted by Gasteiger charge is -2.36. The second-order valence-corrected chi connectivity index (χ2v) is 12.5. The lowest BCUT2D eigenvalue weighted by atomic mass is 9.93. The second kappa shape index (κ2) is 11.9. The standard InChI is InChI=1S/C31H38F3N7O3/c1-30(2,3)25-19-27-35-26(31(32,33)34)20-28(41(27)36-25)39-12-14-40(15-13-39)29(42)43-17-16-37-8-10-38(11-9-37)21-23-18-22-6-4-5-7-24(22)44-23/h4-7,18-20H,8-17,21H2,1-3H3. The van der Waals surface area contributed by atoms with Crippen LogP contribution in [-0.2, 0) is 22.9 Å². The molecule has 5 heterocycles. The summed E-state index contributed by atoms with van der Waals surface area (Å²) in [5.74, 6) is 1.27. The van der Waals surface area contributed by atoms with Gasteiger partial charge in [0.15, 0.2) is 11.3 Å². The summed E-state index contributed by atoms with van der Waals surface area (Å²) in [7, 11) is 0. The quantitative estimate of drug-likeness (QED) is 0.305. The van der Waals surface area contributed by atoms with Crippen LogP contribution in [0.4, 0.5) is 23.8 Å². The first-order valence-corrected chi connectivity index (χ1v) is 15.0. The van der Waals surface area contributed by atoms with Gasteiger partial charge in [0.25, 0.3) is 0 Å². The Morgan fingerprint density at radius 1 is 0.909 bits per heavy atom. The summed E-state index contributed by atoms with van der Waals surface area (Å²) in [4.78, 5) is 24.7. The average molecular weight is 614 g/mol. The fourth-order valence-corrected chi connectivity index (χ4v) is 5.67. The minimum Gasteiger partial charge on any atom is -0.460 e. The number of halogens is 3. The molecule has 2 fully saturated rings. The zero-order valence-corrected chi connectivity index (χ0v) is 25.3. The maximum Gasteiger partial charge on any atom is 0.433 e. The van der Waals surface area contributed by atoms with E-state index in [-0.39, 0.29) is 17.7 Å². The van der Waals surface area contributed by atoms with Crippen LogP contribution in [0.1, 0.15) is 37.9 Å². The van der Waals surface area contributed by atoms with Gasteiger partial charge >= 0.3 is 12.3 Å². The average Bonchev–Trinajstić information content (AvgIpc) is 3.61. The van der Waals surface area contributed by atoms with Crippen LogP contribution in [0.3, 0.4) is 0 Å². The molecule has 0 saturated carbocycles. The van der Waals surface area contributed by atoms with E-state index in [1.165, 1.54) is 4.52 Å². The third kappa shape index (κ3) is 6.63. The third-order valence-corrected chi connectivity index (χ3v) is 8.28. The van der Waals surface area contributed by atoms with E-state index in [4.69, 9.17) is 9.15 Å². The maximum absolute atomic E-state index is 13.7. The largest absolute Gasteiger partial charge is 0.460 e. The van der Waals surface area contributed by atoms with Gasteiger partial charge < -0.3 is 19.0 Å². The van der Waals surface area contributed by atoms with Gasteiger partial charge in [0.2, 0.25) is 0 Å². The number of aromatic nitrogens is 3. The molecule has 0 aliphatic carbocycles. The molecule has 13 heteroatoms. The van der Waals surface area contributed by atoms with Crippen LogP contribution < -0.4 is 4.90 Å². The number of amides is 1. The van der Waals surface area contributed by atoms with Crippen LogP contribution in [0.15, 0.2) is 46.9 Å². The van der Waals surface area contributed by atoms with Crippen molar-refractivity contribution in [3.63, 3.8) is 0 Å². The van der Waals surface area contributed by atoms with E-state index in [2.05, 4.69) is 32.0 Å². The highest BCUT2D eigenvalue weighted by atomic mass is 19.4. The van der Waals surface area contributed by atoms with E-state index < -0.39 is 18.0 Å². The molecule has 0 atom stereocenters. The van der Waals surface area contributed by atoms with Crippen molar-refractivity contribution in [1.29, 1.82) is 0 Å². The molecule has 0 bridgehead atoms. The van der Waals surface area contributed by atoms with E-state index in [9.17, 15) is 18.0 Å². The van der Waals surface area contributed by atoms with Crippen molar-refractivity contribution in [2.24, 2.45) is 0 Å². The van der Waals surface area contributed by atoms with Crippen LogP contribution in [0, 0.1) is 0 Å². The number of nitrogens with zero attached hydrogens (tertiary/aromatic N) is 7. The molecular formula is C31H38F3N7O3. The molecule has 0 unspecified atom stereocenters. The number of benzene rings is 1. The van der Waals surface area contributed by atoms with Crippen molar-refractivity contribution < 1.29 is 27.1 Å². The predicted molar refractivity (Wildman–Crippen MR) is 160 cm³/mol. The van der Waals surface area contributed by atoms with E-state index >= 15 is 0 Å². The van der Waals surface area contributed by atoms with Crippen molar-refractivity contribution in [1.82, 2.24) is 29.3 Å². The molecule has 2 aliphatic heterocycles. The number of furan rings is 1. The zero-order valence-electron chi connectivity index (χ0n) is 25.3. The molecule has 2 saturated heterocycles. The highest BCUT2D eigenvalue weighted by Gasteiger charge is 2.35. The first-order chi connectivity index (χ1) is 20.9. The highest BCUT2D eigenvalue weighted by molar-refractivity contribution is 5.77. The molecular weight excluding hydrogens is 575 g/mol. The minimum atomic E-state index is -4.59. The van der Waals surface area contributed by atoms with Gasteiger partial charge in [-0.3, -0.25) is 9.80 Å². The molecule has 1 aromatic carbocycles. The fraction of sp³-hybridized carbons (Fsp3) is 0.516. The number of alkyl halides is 3. The van der Waals surface area contributed by atoms with E-state index in [0.717, 1.165) is 55.5 Å². The van der Waals surface area contributed by atoms with Crippen LogP contribution >= 0.6 is 0 Å². The summed E-state index contributed by atoms with van der Waals surface area (Å²) in [5, 5.41) is 5.70. The van der Waals surface area contributed by atoms with Gasteiger partial charge in [0, 0.05) is 81.8 Å². The number of carbonyl (C=O) groups is 1. The van der Waals surface area contributed by atoms with Gasteiger partial charge in [-0.2, -0.15) is 22.8 Å². The fourth-order valence-electron chi connectivity index (χ4n) is 5.67. The van der Waals surface area contributed by atoms with Gasteiger partial charge in [-0.05, 0) is 12.1 Å². The Kier molecular flexibility index (Phi) is 8.18. The van der Waals surface area contributed by atoms with E-state index in [1.807, 2.05) is 43.9 Å². The molecule has 44 heavy (non-hydrogen) atoms. The van der Waals surface area contributed by atoms with Gasteiger partial charge in [-0.15, -0.1) is 0 Å². The lowest BCUT2D eigenvalue weighted by Crippen LogP contribution is -2.50. The zero-order chi connectivity index (χ0) is 31.1. The topological polar surface area (TPSA) is 82.6 Å². The second-order valence-electron chi connectivity index (χ2n) is 12.5. The number of para-hydroxylation sites is 1. The normalized spacial score (nSPS) is 17.6. The predicted octanol–water partition coefficient (Wildman–Crippen LogP) is 4.87.